The van der Waals surface area contributed by atoms with Crippen LogP contribution in [0.2, 0.25) is 0 Å². The van der Waals surface area contributed by atoms with Gasteiger partial charge < -0.3 is 24.6 Å². The Labute approximate surface area is 155 Å². The highest BCUT2D eigenvalue weighted by Gasteiger charge is 2.37. The van der Waals surface area contributed by atoms with Crippen LogP contribution < -0.4 is 5.32 Å². The molecule has 0 radical (unpaired) electrons. The Morgan fingerprint density at radius 1 is 1.31 bits per heavy atom. The van der Waals surface area contributed by atoms with Crippen LogP contribution in [0, 0.1) is 5.92 Å². The summed E-state index contributed by atoms with van der Waals surface area (Å²) in [6.45, 7) is 3.36. The zero-order chi connectivity index (χ0) is 18.8. The molecule has 1 aliphatic rings. The van der Waals surface area contributed by atoms with Crippen LogP contribution in [-0.2, 0) is 19.0 Å². The number of nitrogens with one attached hydrogen (secondary N) is 1. The maximum absolute atomic E-state index is 12.5. The highest BCUT2D eigenvalue weighted by Crippen LogP contribution is 2.39. The van der Waals surface area contributed by atoms with E-state index < -0.39 is 6.29 Å². The Bertz CT molecular complexity index is 575. The van der Waals surface area contributed by atoms with Crippen LogP contribution >= 0.6 is 0 Å². The van der Waals surface area contributed by atoms with Gasteiger partial charge in [-0.1, -0.05) is 30.3 Å². The number of carbonyl (C=O) groups is 1. The molecule has 0 saturated carbocycles. The number of allylic oxidation sites excluding steroid dienone is 1. The normalized spacial score (nSPS) is 22.4. The topological polar surface area (TPSA) is 77.0 Å². The van der Waals surface area contributed by atoms with E-state index in [2.05, 4.69) is 5.32 Å². The molecule has 2 N–H and O–H groups in total. The van der Waals surface area contributed by atoms with E-state index in [0.29, 0.717) is 26.2 Å². The first kappa shape index (κ1) is 20.4. The van der Waals surface area contributed by atoms with Crippen molar-refractivity contribution < 1.29 is 24.1 Å². The van der Waals surface area contributed by atoms with Crippen molar-refractivity contribution in [2.45, 2.75) is 32.0 Å². The molecule has 1 amide bonds. The number of methoxy groups -OCH3 is 1. The number of carbonyl (C=O) groups excluding carboxylic acids is 1. The van der Waals surface area contributed by atoms with Crippen LogP contribution in [0.15, 0.2) is 42.2 Å². The van der Waals surface area contributed by atoms with Crippen LogP contribution in [0.1, 0.15) is 31.2 Å². The van der Waals surface area contributed by atoms with Crippen molar-refractivity contribution in [2.75, 3.05) is 33.5 Å². The molecule has 0 saturated heterocycles. The van der Waals surface area contributed by atoms with Crippen molar-refractivity contribution in [1.29, 1.82) is 0 Å². The zero-order valence-corrected chi connectivity index (χ0v) is 15.5. The number of rotatable bonds is 10. The first-order valence-electron chi connectivity index (χ1n) is 9.14. The summed E-state index contributed by atoms with van der Waals surface area (Å²) in [5.74, 6) is 0.0122. The Kier molecular flexibility index (Phi) is 8.61. The fourth-order valence-corrected chi connectivity index (χ4v) is 3.17. The first-order valence-corrected chi connectivity index (χ1v) is 9.14. The molecule has 0 fully saturated rings. The lowest BCUT2D eigenvalue weighted by Gasteiger charge is -2.37. The van der Waals surface area contributed by atoms with E-state index in [-0.39, 0.29) is 30.1 Å². The summed E-state index contributed by atoms with van der Waals surface area (Å²) in [7, 11) is 1.59. The summed E-state index contributed by atoms with van der Waals surface area (Å²) in [6, 6.07) is 10.0. The van der Waals surface area contributed by atoms with Gasteiger partial charge in [0.25, 0.3) is 5.91 Å². The van der Waals surface area contributed by atoms with Gasteiger partial charge in [-0.3, -0.25) is 4.79 Å². The van der Waals surface area contributed by atoms with E-state index in [1.807, 2.05) is 43.3 Å². The number of benzene rings is 1. The molecule has 26 heavy (non-hydrogen) atoms. The molecule has 1 aromatic carbocycles. The van der Waals surface area contributed by atoms with Crippen molar-refractivity contribution in [3.63, 3.8) is 0 Å². The van der Waals surface area contributed by atoms with Crippen LogP contribution in [0.25, 0.3) is 0 Å². The summed E-state index contributed by atoms with van der Waals surface area (Å²) in [4.78, 5) is 12.5. The number of hydrogen-bond donors (Lipinski definition) is 2. The van der Waals surface area contributed by atoms with E-state index in [9.17, 15) is 9.90 Å². The standard InChI is InChI=1S/C20H29NO5/c1-3-25-20-16(10-7-12-22)17(15-8-5-4-6-9-15)14-18(26-20)19(23)21-11-13-24-2/h4-6,8-9,14,16-17,20,22H,3,7,10-13H2,1-2H3,(H,21,23)/t16-,17-,20-/m1/s1. The SMILES string of the molecule is CCO[C@@H]1OC(C(=O)NCCOC)=C[C@H](c2ccccc2)[C@H]1CCCO. The lowest BCUT2D eigenvalue weighted by atomic mass is 9.80. The smallest absolute Gasteiger partial charge is 0.286 e. The van der Waals surface area contributed by atoms with Gasteiger partial charge >= 0.3 is 0 Å². The number of hydrogen-bond acceptors (Lipinski definition) is 5. The first-order chi connectivity index (χ1) is 12.7. The van der Waals surface area contributed by atoms with E-state index in [4.69, 9.17) is 14.2 Å². The monoisotopic (exact) mass is 363 g/mol. The van der Waals surface area contributed by atoms with Gasteiger partial charge in [0.15, 0.2) is 5.76 Å². The van der Waals surface area contributed by atoms with Gasteiger partial charge in [0.2, 0.25) is 6.29 Å². The molecule has 1 heterocycles. The van der Waals surface area contributed by atoms with E-state index >= 15 is 0 Å². The molecule has 6 heteroatoms. The molecule has 0 bridgehead atoms. The molecular formula is C20H29NO5. The van der Waals surface area contributed by atoms with E-state index in [1.165, 1.54) is 0 Å². The summed E-state index contributed by atoms with van der Waals surface area (Å²) in [5.41, 5.74) is 1.10. The van der Waals surface area contributed by atoms with Gasteiger partial charge in [-0.15, -0.1) is 0 Å². The van der Waals surface area contributed by atoms with Crippen LogP contribution in [-0.4, -0.2) is 50.8 Å². The van der Waals surface area contributed by atoms with Gasteiger partial charge in [0, 0.05) is 38.7 Å². The van der Waals surface area contributed by atoms with Crippen molar-refractivity contribution in [2.24, 2.45) is 5.92 Å². The molecule has 6 nitrogen and oxygen atoms in total. The minimum Gasteiger partial charge on any atom is -0.459 e. The lowest BCUT2D eigenvalue weighted by Crippen LogP contribution is -2.39. The fraction of sp³-hybridized carbons (Fsp3) is 0.550. The van der Waals surface area contributed by atoms with Crippen molar-refractivity contribution >= 4 is 5.91 Å². The van der Waals surface area contributed by atoms with Crippen LogP contribution in [0.4, 0.5) is 0 Å². The quantitative estimate of drug-likeness (QED) is 0.623. The Hall–Kier alpha value is -1.89. The van der Waals surface area contributed by atoms with E-state index in [1.54, 1.807) is 7.11 Å². The second-order valence-corrected chi connectivity index (χ2v) is 6.19. The molecule has 0 aromatic heterocycles. The largest absolute Gasteiger partial charge is 0.459 e. The Balaban J connectivity index is 2.28. The van der Waals surface area contributed by atoms with Crippen molar-refractivity contribution in [3.8, 4) is 0 Å². The van der Waals surface area contributed by atoms with Gasteiger partial charge in [-0.25, -0.2) is 0 Å². The highest BCUT2D eigenvalue weighted by molar-refractivity contribution is 5.91. The molecule has 1 aliphatic heterocycles. The molecule has 2 rings (SSSR count). The molecule has 1 aromatic rings. The van der Waals surface area contributed by atoms with Gasteiger partial charge in [-0.2, -0.15) is 0 Å². The molecule has 144 valence electrons. The Morgan fingerprint density at radius 2 is 2.08 bits per heavy atom. The molecule has 0 unspecified atom stereocenters. The highest BCUT2D eigenvalue weighted by atomic mass is 16.7. The second-order valence-electron chi connectivity index (χ2n) is 6.19. The number of aliphatic hydroxyl groups excluding tert-OH is 1. The number of ether oxygens (including phenoxy) is 3. The average Bonchev–Trinajstić information content (AvgIpc) is 2.67. The molecule has 0 spiro atoms. The summed E-state index contributed by atoms with van der Waals surface area (Å²) in [6.07, 6.45) is 2.75. The molecule has 0 aliphatic carbocycles. The average molecular weight is 363 g/mol. The molecular weight excluding hydrogens is 334 g/mol. The van der Waals surface area contributed by atoms with Gasteiger partial charge in [-0.05, 0) is 31.4 Å². The number of amides is 1. The predicted octanol–water partition coefficient (Wildman–Crippen LogP) is 2.20. The third-order valence-corrected chi connectivity index (χ3v) is 4.41. The minimum absolute atomic E-state index is 0.0174. The minimum atomic E-state index is -0.523. The van der Waals surface area contributed by atoms with Gasteiger partial charge in [0.1, 0.15) is 0 Å². The third-order valence-electron chi connectivity index (χ3n) is 4.41. The summed E-state index contributed by atoms with van der Waals surface area (Å²) >= 11 is 0. The predicted molar refractivity (Wildman–Crippen MR) is 98.5 cm³/mol. The molecule has 3 atom stereocenters. The van der Waals surface area contributed by atoms with Crippen molar-refractivity contribution in [3.05, 3.63) is 47.7 Å². The number of aliphatic hydroxyl groups is 1. The fourth-order valence-electron chi connectivity index (χ4n) is 3.17. The third kappa shape index (κ3) is 5.56. The van der Waals surface area contributed by atoms with Crippen LogP contribution in [0.5, 0.6) is 0 Å². The maximum Gasteiger partial charge on any atom is 0.286 e. The van der Waals surface area contributed by atoms with Crippen molar-refractivity contribution in [1.82, 2.24) is 5.32 Å². The van der Waals surface area contributed by atoms with Gasteiger partial charge in [0.05, 0.1) is 6.61 Å². The Morgan fingerprint density at radius 3 is 2.73 bits per heavy atom. The van der Waals surface area contributed by atoms with Crippen LogP contribution in [0.3, 0.4) is 0 Å². The lowest BCUT2D eigenvalue weighted by molar-refractivity contribution is -0.166. The summed E-state index contributed by atoms with van der Waals surface area (Å²) in [5, 5.41) is 12.1. The zero-order valence-electron chi connectivity index (χ0n) is 15.5. The van der Waals surface area contributed by atoms with E-state index in [0.717, 1.165) is 12.0 Å². The second kappa shape index (κ2) is 11.0. The maximum atomic E-state index is 12.5. The summed E-state index contributed by atoms with van der Waals surface area (Å²) < 4.78 is 16.7.